The molecule has 0 amide bonds. The van der Waals surface area contributed by atoms with Crippen molar-refractivity contribution in [2.45, 2.75) is 59.7 Å². The SMILES string of the molecule is Cc1noc(C)c1C1=C(OC(=O)C(C)(C)C)[C@H]2C3CCC(O3)[C@H]2C1=O. The topological polar surface area (TPSA) is 78.6 Å². The van der Waals surface area contributed by atoms with Crippen LogP contribution < -0.4 is 0 Å². The first-order chi connectivity index (χ1) is 11.7. The predicted molar refractivity (Wildman–Crippen MR) is 88.3 cm³/mol. The lowest BCUT2D eigenvalue weighted by Gasteiger charge is -2.24. The lowest BCUT2D eigenvalue weighted by atomic mass is 9.80. The second-order valence-electron chi connectivity index (χ2n) is 8.28. The molecule has 0 spiro atoms. The molecule has 2 unspecified atom stereocenters. The Balaban J connectivity index is 1.85. The van der Waals surface area contributed by atoms with Gasteiger partial charge in [0.05, 0.1) is 46.3 Å². The van der Waals surface area contributed by atoms with Crippen molar-refractivity contribution in [2.24, 2.45) is 17.3 Å². The Kier molecular flexibility index (Phi) is 3.48. The minimum absolute atomic E-state index is 0.0108. The zero-order valence-corrected chi connectivity index (χ0v) is 15.2. The number of allylic oxidation sites excluding steroid dienone is 1. The van der Waals surface area contributed by atoms with Crippen LogP contribution in [0, 0.1) is 31.1 Å². The van der Waals surface area contributed by atoms with Crippen LogP contribution in [0.15, 0.2) is 10.3 Å². The van der Waals surface area contributed by atoms with Crippen molar-refractivity contribution in [3.8, 4) is 0 Å². The van der Waals surface area contributed by atoms with Crippen molar-refractivity contribution in [1.82, 2.24) is 5.16 Å². The molecule has 0 saturated carbocycles. The summed E-state index contributed by atoms with van der Waals surface area (Å²) in [7, 11) is 0. The first-order valence-corrected chi connectivity index (χ1v) is 8.79. The summed E-state index contributed by atoms with van der Waals surface area (Å²) in [6.45, 7) is 8.98. The van der Waals surface area contributed by atoms with Gasteiger partial charge in [-0.2, -0.15) is 0 Å². The Hall–Kier alpha value is -1.95. The van der Waals surface area contributed by atoms with Crippen LogP contribution in [-0.4, -0.2) is 29.1 Å². The van der Waals surface area contributed by atoms with Gasteiger partial charge in [-0.25, -0.2) is 0 Å². The third-order valence-electron chi connectivity index (χ3n) is 5.47. The van der Waals surface area contributed by atoms with Gasteiger partial charge >= 0.3 is 5.97 Å². The highest BCUT2D eigenvalue weighted by molar-refractivity contribution is 6.26. The second-order valence-corrected chi connectivity index (χ2v) is 8.28. The largest absolute Gasteiger partial charge is 0.429 e. The minimum Gasteiger partial charge on any atom is -0.429 e. The monoisotopic (exact) mass is 345 g/mol. The van der Waals surface area contributed by atoms with E-state index in [4.69, 9.17) is 14.0 Å². The molecule has 0 radical (unpaired) electrons. The Morgan fingerprint density at radius 2 is 1.80 bits per heavy atom. The second kappa shape index (κ2) is 5.27. The van der Waals surface area contributed by atoms with E-state index in [1.165, 1.54) is 0 Å². The van der Waals surface area contributed by atoms with Crippen LogP contribution in [0.3, 0.4) is 0 Å². The van der Waals surface area contributed by atoms with Crippen molar-refractivity contribution in [3.63, 3.8) is 0 Å². The molecule has 25 heavy (non-hydrogen) atoms. The van der Waals surface area contributed by atoms with Gasteiger partial charge in [-0.15, -0.1) is 0 Å². The molecular weight excluding hydrogens is 322 g/mol. The number of nitrogens with zero attached hydrogens (tertiary/aromatic N) is 1. The maximum absolute atomic E-state index is 13.2. The number of ketones is 1. The third kappa shape index (κ3) is 2.30. The zero-order chi connectivity index (χ0) is 18.1. The van der Waals surface area contributed by atoms with Crippen LogP contribution >= 0.6 is 0 Å². The summed E-state index contributed by atoms with van der Waals surface area (Å²) in [5, 5.41) is 3.97. The zero-order valence-electron chi connectivity index (χ0n) is 15.2. The molecule has 3 aliphatic rings. The number of carbonyl (C=O) groups excluding carboxylic acids is 2. The fraction of sp³-hybridized carbons (Fsp3) is 0.632. The van der Waals surface area contributed by atoms with Gasteiger partial charge in [0.2, 0.25) is 0 Å². The molecule has 2 bridgehead atoms. The molecule has 1 aromatic heterocycles. The lowest BCUT2D eigenvalue weighted by Crippen LogP contribution is -2.31. The summed E-state index contributed by atoms with van der Waals surface area (Å²) < 4.78 is 17.0. The highest BCUT2D eigenvalue weighted by Crippen LogP contribution is 2.55. The van der Waals surface area contributed by atoms with E-state index in [2.05, 4.69) is 5.16 Å². The van der Waals surface area contributed by atoms with Gasteiger partial charge in [-0.05, 0) is 47.5 Å². The van der Waals surface area contributed by atoms with Crippen LogP contribution in [-0.2, 0) is 19.1 Å². The number of aromatic nitrogens is 1. The van der Waals surface area contributed by atoms with Crippen molar-refractivity contribution in [2.75, 3.05) is 0 Å². The van der Waals surface area contributed by atoms with Crippen molar-refractivity contribution in [1.29, 1.82) is 0 Å². The van der Waals surface area contributed by atoms with E-state index in [1.54, 1.807) is 34.6 Å². The number of ether oxygens (including phenoxy) is 2. The predicted octanol–water partition coefficient (Wildman–Crippen LogP) is 2.97. The van der Waals surface area contributed by atoms with Crippen LogP contribution in [0.1, 0.15) is 50.6 Å². The molecule has 1 aliphatic carbocycles. The normalized spacial score (nSPS) is 31.0. The summed E-state index contributed by atoms with van der Waals surface area (Å²) in [5.74, 6) is 0.229. The Bertz CT molecular complexity index is 778. The maximum atomic E-state index is 13.2. The van der Waals surface area contributed by atoms with Crippen LogP contribution in [0.4, 0.5) is 0 Å². The molecule has 4 rings (SSSR count). The molecule has 6 heteroatoms. The number of fused-ring (bicyclic) bond motifs is 5. The van der Waals surface area contributed by atoms with E-state index < -0.39 is 5.41 Å². The summed E-state index contributed by atoms with van der Waals surface area (Å²) in [5.41, 5.74) is 1.11. The quantitative estimate of drug-likeness (QED) is 0.767. The fourth-order valence-electron chi connectivity index (χ4n) is 4.26. The highest BCUT2D eigenvalue weighted by Gasteiger charge is 2.60. The van der Waals surface area contributed by atoms with Crippen molar-refractivity contribution < 1.29 is 23.6 Å². The molecule has 2 fully saturated rings. The first kappa shape index (κ1) is 16.5. The number of rotatable bonds is 2. The Labute approximate surface area is 146 Å². The van der Waals surface area contributed by atoms with E-state index in [9.17, 15) is 9.59 Å². The molecule has 2 aliphatic heterocycles. The summed E-state index contributed by atoms with van der Waals surface area (Å²) in [6.07, 6.45) is 1.64. The van der Waals surface area contributed by atoms with Crippen molar-refractivity contribution in [3.05, 3.63) is 22.8 Å². The summed E-state index contributed by atoms with van der Waals surface area (Å²) in [6, 6.07) is 0. The van der Waals surface area contributed by atoms with Gasteiger partial charge in [0, 0.05) is 0 Å². The van der Waals surface area contributed by atoms with Gasteiger partial charge in [0.15, 0.2) is 5.78 Å². The van der Waals surface area contributed by atoms with E-state index in [0.717, 1.165) is 12.8 Å². The van der Waals surface area contributed by atoms with Crippen LogP contribution in [0.5, 0.6) is 0 Å². The first-order valence-electron chi connectivity index (χ1n) is 8.79. The van der Waals surface area contributed by atoms with Gasteiger partial charge in [0.1, 0.15) is 11.5 Å². The van der Waals surface area contributed by atoms with E-state index >= 15 is 0 Å². The maximum Gasteiger partial charge on any atom is 0.316 e. The number of carbonyl (C=O) groups is 2. The number of hydrogen-bond acceptors (Lipinski definition) is 6. The van der Waals surface area contributed by atoms with Gasteiger partial charge in [0.25, 0.3) is 0 Å². The highest BCUT2D eigenvalue weighted by atomic mass is 16.6. The van der Waals surface area contributed by atoms with Crippen molar-refractivity contribution >= 4 is 17.3 Å². The molecular formula is C19H23NO5. The Morgan fingerprint density at radius 3 is 2.36 bits per heavy atom. The van der Waals surface area contributed by atoms with E-state index in [-0.39, 0.29) is 35.8 Å². The average Bonchev–Trinajstić information content (AvgIpc) is 3.25. The molecule has 1 aromatic rings. The van der Waals surface area contributed by atoms with E-state index in [1.807, 2.05) is 0 Å². The summed E-state index contributed by atoms with van der Waals surface area (Å²) >= 11 is 0. The molecule has 0 N–H and O–H groups in total. The fourth-order valence-corrected chi connectivity index (χ4v) is 4.26. The molecule has 134 valence electrons. The molecule has 4 atom stereocenters. The Morgan fingerprint density at radius 1 is 1.16 bits per heavy atom. The third-order valence-corrected chi connectivity index (χ3v) is 5.47. The number of esters is 1. The standard InChI is InChI=1S/C19H23NO5/c1-8-12(9(2)25-20-8)15-16(21)13-10-6-7-11(23-10)14(13)17(15)24-18(22)19(3,4)5/h10-11,13-14H,6-7H2,1-5H3/t10?,11?,13-,14+/m1/s1. The van der Waals surface area contributed by atoms with Crippen LogP contribution in [0.25, 0.3) is 5.57 Å². The lowest BCUT2D eigenvalue weighted by molar-refractivity contribution is -0.149. The summed E-state index contributed by atoms with van der Waals surface area (Å²) in [4.78, 5) is 25.8. The van der Waals surface area contributed by atoms with Crippen LogP contribution in [0.2, 0.25) is 0 Å². The van der Waals surface area contributed by atoms with Gasteiger partial charge < -0.3 is 14.0 Å². The minimum atomic E-state index is -0.656. The smallest absolute Gasteiger partial charge is 0.316 e. The molecule has 6 nitrogen and oxygen atoms in total. The molecule has 2 saturated heterocycles. The number of aryl methyl sites for hydroxylation is 2. The average molecular weight is 345 g/mol. The van der Waals surface area contributed by atoms with Gasteiger partial charge in [-0.1, -0.05) is 5.16 Å². The molecule has 0 aromatic carbocycles. The van der Waals surface area contributed by atoms with E-state index in [0.29, 0.717) is 28.3 Å². The van der Waals surface area contributed by atoms with Gasteiger partial charge in [-0.3, -0.25) is 9.59 Å². The number of hydrogen-bond donors (Lipinski definition) is 0. The molecule has 3 heterocycles. The number of Topliss-reactive ketones (excluding diaryl/α,β-unsaturated/α-hetero) is 1.